The maximum atomic E-state index is 15.4. The fourth-order valence-corrected chi connectivity index (χ4v) is 17.9. The zero-order chi connectivity index (χ0) is 71.8. The smallest absolute Gasteiger partial charge is 0.335 e. The summed E-state index contributed by atoms with van der Waals surface area (Å²) in [4.78, 5) is 136. The number of carbonyl (C=O) groups is 7. The molecule has 1 fully saturated rings. The number of amides is 5. The first-order chi connectivity index (χ1) is 48.9. The zero-order valence-electron chi connectivity index (χ0n) is 54.2. The number of carboxylic acid groups (broad SMARTS) is 1. The third kappa shape index (κ3) is 15.3. The monoisotopic (exact) mass is 1500 g/mol. The average Bonchev–Trinajstić information content (AvgIpc) is 1.62. The molecule has 2 aliphatic rings. The lowest BCUT2D eigenvalue weighted by Crippen LogP contribution is -2.50. The number of nitrogens with zero attached hydrogens (tertiary/aromatic N) is 9. The van der Waals surface area contributed by atoms with Gasteiger partial charge < -0.3 is 41.5 Å². The number of pyridine rings is 1. The molecule has 0 aliphatic carbocycles. The van der Waals surface area contributed by atoms with Crippen LogP contribution in [0.25, 0.3) is 43.4 Å². The quantitative estimate of drug-likeness (QED) is 0.0532. The predicted molar refractivity (Wildman–Crippen MR) is 385 cm³/mol. The molecule has 13 rings (SSSR count). The minimum Gasteiger partial charge on any atom is -0.478 e. The summed E-state index contributed by atoms with van der Waals surface area (Å²) in [5, 5.41) is 54.7. The fraction of sp³-hybridized carbons (Fsp3) is 0.229. The van der Waals surface area contributed by atoms with Gasteiger partial charge in [0.25, 0.3) is 17.7 Å². The van der Waals surface area contributed by atoms with Crippen molar-refractivity contribution in [3.05, 3.63) is 218 Å². The number of aryl methyl sites for hydroxylation is 2. The summed E-state index contributed by atoms with van der Waals surface area (Å²) < 4.78 is 24.2. The van der Waals surface area contributed by atoms with Gasteiger partial charge in [-0.15, -0.1) is 68.0 Å². The molecule has 4 aromatic carbocycles. The van der Waals surface area contributed by atoms with Gasteiger partial charge in [0.2, 0.25) is 21.8 Å². The van der Waals surface area contributed by atoms with E-state index in [0.717, 1.165) is 56.5 Å². The predicted octanol–water partition coefficient (Wildman–Crippen LogP) is 9.97. The Morgan fingerprint density at radius 1 is 0.647 bits per heavy atom. The average molecular weight is 1500 g/mol. The fourth-order valence-electron chi connectivity index (χ4n) is 12.0. The number of aliphatic hydroxyl groups is 2. The Kier molecular flexibility index (Phi) is 20.5. The Bertz CT molecular complexity index is 5150. The number of primary sulfonamides is 1. The van der Waals surface area contributed by atoms with Gasteiger partial charge in [0, 0.05) is 81.7 Å². The van der Waals surface area contributed by atoms with Gasteiger partial charge in [0.1, 0.15) is 70.9 Å². The number of fused-ring (bicyclic) bond motifs is 16. The van der Waals surface area contributed by atoms with Crippen molar-refractivity contribution in [2.75, 3.05) is 6.54 Å². The molecule has 0 spiro atoms. The van der Waals surface area contributed by atoms with Crippen molar-refractivity contribution in [1.29, 1.82) is 0 Å². The summed E-state index contributed by atoms with van der Waals surface area (Å²) in [6, 6.07) is 28.3. The van der Waals surface area contributed by atoms with E-state index < -0.39 is 99.9 Å². The SMILES string of the molecule is Cc1ccc(C[C@@H]2NC(=O)c3csc(n3)[C@H]([C@H](O)c3ccccc3)CC(=O)c3nc(sc3C)[C@H](CC(N)=O)NC(=O)c3csc(n3)-c3ccc(-c4nc(C(=O)N(Cc5ccc(C(=O)O)cc5)Cc5ccc(S(N)(=O)=O)cc5)cs4)nc3-c3csc(n3)-c3csc(n3)[C@@H]3[C@@H](C)[C@@H](O)CN3C2=O)cc1. The molecule has 1 saturated heterocycles. The molecule has 5 amide bonds. The van der Waals surface area contributed by atoms with E-state index >= 15 is 4.79 Å². The van der Waals surface area contributed by atoms with E-state index in [1.165, 1.54) is 74.7 Å². The van der Waals surface area contributed by atoms with Crippen LogP contribution in [0.3, 0.4) is 0 Å². The first-order valence-electron chi connectivity index (χ1n) is 31.6. The number of hydrogen-bond acceptors (Lipinski definition) is 24. The van der Waals surface area contributed by atoms with Gasteiger partial charge in [-0.05, 0) is 72.5 Å². The van der Waals surface area contributed by atoms with Crippen LogP contribution in [0.1, 0.15) is 144 Å². The highest BCUT2D eigenvalue weighted by Crippen LogP contribution is 2.44. The van der Waals surface area contributed by atoms with Crippen LogP contribution in [-0.4, -0.2) is 128 Å². The number of aliphatic hydroxyl groups excluding tert-OH is 2. The van der Waals surface area contributed by atoms with Crippen molar-refractivity contribution < 1.29 is 57.3 Å². The molecule has 2 aliphatic heterocycles. The van der Waals surface area contributed by atoms with E-state index in [2.05, 4.69) is 10.6 Å². The second-order valence-electron chi connectivity index (χ2n) is 24.5. The molecule has 520 valence electrons. The molecule has 25 nitrogen and oxygen atoms in total. The molecule has 7 aromatic heterocycles. The van der Waals surface area contributed by atoms with Crippen LogP contribution in [0.15, 0.2) is 147 Å². The molecule has 9 N–H and O–H groups in total. The Morgan fingerprint density at radius 2 is 1.25 bits per heavy atom. The van der Waals surface area contributed by atoms with E-state index in [0.29, 0.717) is 64.2 Å². The number of aromatic carboxylic acids is 1. The Morgan fingerprint density at radius 3 is 1.94 bits per heavy atom. The lowest BCUT2D eigenvalue weighted by Gasteiger charge is -2.29. The number of nitrogens with one attached hydrogen (secondary N) is 2. The number of thiazole rings is 6. The van der Waals surface area contributed by atoms with Crippen molar-refractivity contribution in [2.24, 2.45) is 16.8 Å². The number of carboxylic acids is 1. The number of carbonyl (C=O) groups excluding carboxylic acids is 6. The minimum atomic E-state index is -4.02. The summed E-state index contributed by atoms with van der Waals surface area (Å²) in [5.74, 6) is -6.38. The van der Waals surface area contributed by atoms with Gasteiger partial charge in [-0.2, -0.15) is 0 Å². The molecule has 10 bridgehead atoms. The lowest BCUT2D eigenvalue weighted by molar-refractivity contribution is -0.134. The van der Waals surface area contributed by atoms with Crippen LogP contribution in [0.4, 0.5) is 0 Å². The van der Waals surface area contributed by atoms with Gasteiger partial charge in [0.05, 0.1) is 51.9 Å². The van der Waals surface area contributed by atoms with Crippen molar-refractivity contribution in [3.63, 3.8) is 0 Å². The number of sulfonamides is 1. The van der Waals surface area contributed by atoms with Gasteiger partial charge in [-0.3, -0.25) is 28.8 Å². The van der Waals surface area contributed by atoms with Crippen molar-refractivity contribution in [2.45, 2.75) is 94.3 Å². The summed E-state index contributed by atoms with van der Waals surface area (Å²) in [5.41, 5.74) is 10.9. The third-order valence-electron chi connectivity index (χ3n) is 17.4. The van der Waals surface area contributed by atoms with Crippen molar-refractivity contribution >= 4 is 119 Å². The number of rotatable bonds is 14. The molecule has 7 atom stereocenters. The van der Waals surface area contributed by atoms with Gasteiger partial charge in [-0.25, -0.2) is 53.2 Å². The topological polar surface area (TPSA) is 387 Å². The van der Waals surface area contributed by atoms with Crippen LogP contribution < -0.4 is 21.5 Å². The highest BCUT2D eigenvalue weighted by molar-refractivity contribution is 7.89. The highest BCUT2D eigenvalue weighted by atomic mass is 32.2. The summed E-state index contributed by atoms with van der Waals surface area (Å²) in [6.07, 6.45) is -3.00. The molecule has 9 heterocycles. The van der Waals surface area contributed by atoms with E-state index in [1.807, 2.05) is 38.1 Å². The molecule has 0 radical (unpaired) electrons. The van der Waals surface area contributed by atoms with E-state index in [4.69, 9.17) is 45.8 Å². The summed E-state index contributed by atoms with van der Waals surface area (Å²) in [6.45, 7) is 5.33. The summed E-state index contributed by atoms with van der Waals surface area (Å²) >= 11 is 6.89. The van der Waals surface area contributed by atoms with Gasteiger partial charge in [0.15, 0.2) is 5.78 Å². The number of nitrogens with two attached hydrogens (primary N) is 2. The van der Waals surface area contributed by atoms with Crippen molar-refractivity contribution in [3.8, 4) is 43.4 Å². The van der Waals surface area contributed by atoms with Gasteiger partial charge >= 0.3 is 5.97 Å². The molecular formula is C70H61N13O12S7. The number of ketones is 1. The highest BCUT2D eigenvalue weighted by Gasteiger charge is 2.46. The normalized spacial score (nSPS) is 18.4. The number of hydrogen-bond donors (Lipinski definition) is 7. The van der Waals surface area contributed by atoms with Crippen LogP contribution >= 0.6 is 68.0 Å². The van der Waals surface area contributed by atoms with Crippen LogP contribution in [0, 0.1) is 19.8 Å². The molecule has 0 saturated carbocycles. The van der Waals surface area contributed by atoms with Gasteiger partial charge in [-0.1, -0.05) is 91.3 Å². The Hall–Kier alpha value is -9.87. The Balaban J connectivity index is 0.885. The first-order valence-corrected chi connectivity index (χ1v) is 38.4. The molecule has 11 aromatic rings. The molecule has 102 heavy (non-hydrogen) atoms. The second kappa shape index (κ2) is 29.6. The maximum Gasteiger partial charge on any atom is 0.335 e. The van der Waals surface area contributed by atoms with Crippen LogP contribution in [-0.2, 0) is 39.1 Å². The largest absolute Gasteiger partial charge is 0.478 e. The van der Waals surface area contributed by atoms with Crippen molar-refractivity contribution in [1.82, 2.24) is 55.3 Å². The van der Waals surface area contributed by atoms with Crippen LogP contribution in [0.2, 0.25) is 0 Å². The van der Waals surface area contributed by atoms with Crippen LogP contribution in [0.5, 0.6) is 0 Å². The zero-order valence-corrected chi connectivity index (χ0v) is 59.9. The Labute approximate surface area is 606 Å². The maximum absolute atomic E-state index is 15.4. The molecular weight excluding hydrogens is 1440 g/mol. The standard InChI is InChI=1S/C70H61N13O12S7/c1-34-9-11-37(12-10-34)23-47-69(91)83-28-54(85)35(2)58(83)67-79-51(32-100-67)65-76-48(29-98-65)57-43(21-22-45(73-57)64-80-52(33-99-64)68(90)82(26-38-13-17-41(18-14-38)70(92)93)27-39-15-19-42(20-16-39)102(72,94)95)62-77-49(30-96-62)60(88)74-46(25-55(71)86)66-81-56(36(3)101-66)53(84)24-44(59(87)40-7-5-4-6-8-40)63-78-50(31-97-63)61(89)75-47/h4-22,29-33,35,44,46-47,54,58-59,85,87H,23-28H2,1-3H3,(H2,71,86)(H,74,88)(H,75,89)(H,92,93)(H2,72,94,95)/t35-,44-,46-,47-,54-,58-,59+/m0/s1. The lowest BCUT2D eigenvalue weighted by atomic mass is 9.90. The second-order valence-corrected chi connectivity index (χ2v) is 31.7. The third-order valence-corrected chi connectivity index (χ3v) is 23.9. The number of Topliss-reactive ketones (excluding diaryl/α,β-unsaturated/α-hetero) is 1. The van der Waals surface area contributed by atoms with E-state index in [9.17, 15) is 52.5 Å². The minimum absolute atomic E-state index is 0.00270. The molecule has 0 unspecified atom stereocenters. The first kappa shape index (κ1) is 70.6. The summed E-state index contributed by atoms with van der Waals surface area (Å²) in [7, 11) is -4.02. The number of aromatic nitrogens is 7. The number of primary amides is 1. The van der Waals surface area contributed by atoms with E-state index in [1.54, 1.807) is 82.6 Å². The van der Waals surface area contributed by atoms with E-state index in [-0.39, 0.29) is 81.4 Å². The molecule has 32 heteroatoms. The number of benzene rings is 4.